The molecule has 1 aromatic heterocycles. The average Bonchev–Trinajstić information content (AvgIpc) is 3.30. The number of nitrogens with zero attached hydrogens (tertiary/aromatic N) is 2. The Morgan fingerprint density at radius 3 is 2.42 bits per heavy atom. The van der Waals surface area contributed by atoms with Crippen molar-refractivity contribution in [1.82, 2.24) is 9.80 Å². The van der Waals surface area contributed by atoms with Crippen molar-refractivity contribution in [3.05, 3.63) is 93.9 Å². The van der Waals surface area contributed by atoms with Crippen molar-refractivity contribution in [3.63, 3.8) is 0 Å². The lowest BCUT2D eigenvalue weighted by Crippen LogP contribution is -2.46. The molecule has 2 aromatic carbocycles. The van der Waals surface area contributed by atoms with Crippen LogP contribution < -0.4 is 0 Å². The Hall–Kier alpha value is -2.99. The molecule has 2 amide bonds. The molecule has 1 atom stereocenters. The van der Waals surface area contributed by atoms with Gasteiger partial charge in [0.1, 0.15) is 12.4 Å². The maximum atomic E-state index is 13.7. The molecule has 0 bridgehead atoms. The lowest BCUT2D eigenvalue weighted by molar-refractivity contribution is -0.133. The third kappa shape index (κ3) is 6.25. The topological polar surface area (TPSA) is 40.6 Å². The number of thiophene rings is 1. The van der Waals surface area contributed by atoms with Gasteiger partial charge in [-0.2, -0.15) is 0 Å². The minimum Gasteiger partial charge on any atom is -0.332 e. The molecule has 0 aliphatic carbocycles. The Balaban J connectivity index is 1.82. The highest BCUT2D eigenvalue weighted by atomic mass is 32.1. The van der Waals surface area contributed by atoms with Gasteiger partial charge in [0.2, 0.25) is 5.91 Å². The van der Waals surface area contributed by atoms with Crippen LogP contribution in [-0.2, 0) is 17.9 Å². The molecule has 0 saturated carbocycles. The number of benzene rings is 2. The minimum absolute atomic E-state index is 0.0530. The van der Waals surface area contributed by atoms with Crippen LogP contribution in [0.25, 0.3) is 0 Å². The SMILES string of the molecule is CCC(C)N(CC(=O)N(Cc1ccccc1)Cc1cccs1)C(=O)c1cccc(F)c1. The normalized spacial score (nSPS) is 11.7. The van der Waals surface area contributed by atoms with Crippen LogP contribution in [0.15, 0.2) is 72.1 Å². The van der Waals surface area contributed by atoms with E-state index in [0.717, 1.165) is 10.4 Å². The third-order valence-electron chi connectivity index (χ3n) is 5.26. The maximum absolute atomic E-state index is 13.7. The van der Waals surface area contributed by atoms with Gasteiger partial charge in [-0.3, -0.25) is 9.59 Å². The predicted octanol–water partition coefficient (Wildman–Crippen LogP) is 5.36. The largest absolute Gasteiger partial charge is 0.332 e. The number of amides is 2. The summed E-state index contributed by atoms with van der Waals surface area (Å²) < 4.78 is 13.7. The summed E-state index contributed by atoms with van der Waals surface area (Å²) in [5.74, 6) is -0.940. The molecule has 3 aromatic rings. The Morgan fingerprint density at radius 2 is 1.77 bits per heavy atom. The first kappa shape index (κ1) is 22.7. The zero-order valence-corrected chi connectivity index (χ0v) is 18.6. The van der Waals surface area contributed by atoms with Gasteiger partial charge in [0.15, 0.2) is 0 Å². The van der Waals surface area contributed by atoms with E-state index < -0.39 is 5.82 Å². The van der Waals surface area contributed by atoms with E-state index in [-0.39, 0.29) is 30.0 Å². The van der Waals surface area contributed by atoms with Crippen molar-refractivity contribution in [3.8, 4) is 0 Å². The van der Waals surface area contributed by atoms with Gasteiger partial charge < -0.3 is 9.80 Å². The number of hydrogen-bond acceptors (Lipinski definition) is 3. The Morgan fingerprint density at radius 1 is 1.00 bits per heavy atom. The fourth-order valence-corrected chi connectivity index (χ4v) is 4.03. The van der Waals surface area contributed by atoms with E-state index in [1.54, 1.807) is 27.2 Å². The second-order valence-electron chi connectivity index (χ2n) is 7.52. The fourth-order valence-electron chi connectivity index (χ4n) is 3.31. The summed E-state index contributed by atoms with van der Waals surface area (Å²) in [7, 11) is 0. The van der Waals surface area contributed by atoms with Gasteiger partial charge in [-0.25, -0.2) is 4.39 Å². The van der Waals surface area contributed by atoms with Crippen molar-refractivity contribution in [1.29, 1.82) is 0 Å². The monoisotopic (exact) mass is 438 g/mol. The number of halogens is 1. The lowest BCUT2D eigenvalue weighted by atomic mass is 10.1. The van der Waals surface area contributed by atoms with Crippen LogP contribution in [0.1, 0.15) is 41.1 Å². The van der Waals surface area contributed by atoms with E-state index in [1.165, 1.54) is 18.2 Å². The molecule has 0 saturated heterocycles. The van der Waals surface area contributed by atoms with Crippen molar-refractivity contribution in [2.75, 3.05) is 6.54 Å². The van der Waals surface area contributed by atoms with Gasteiger partial charge in [-0.1, -0.05) is 49.4 Å². The Bertz CT molecular complexity index is 992. The zero-order valence-electron chi connectivity index (χ0n) is 17.8. The second kappa shape index (κ2) is 10.9. The Kier molecular flexibility index (Phi) is 7.95. The van der Waals surface area contributed by atoms with Crippen LogP contribution >= 0.6 is 11.3 Å². The number of carbonyl (C=O) groups excluding carboxylic acids is 2. The van der Waals surface area contributed by atoms with Crippen LogP contribution in [0.3, 0.4) is 0 Å². The average molecular weight is 439 g/mol. The van der Waals surface area contributed by atoms with Crippen molar-refractivity contribution >= 4 is 23.2 Å². The van der Waals surface area contributed by atoms with Crippen molar-refractivity contribution in [2.24, 2.45) is 0 Å². The van der Waals surface area contributed by atoms with Crippen LogP contribution in [0, 0.1) is 5.82 Å². The van der Waals surface area contributed by atoms with Gasteiger partial charge in [-0.05, 0) is 48.6 Å². The summed E-state index contributed by atoms with van der Waals surface area (Å²) in [4.78, 5) is 30.9. The first-order valence-electron chi connectivity index (χ1n) is 10.4. The molecule has 0 N–H and O–H groups in total. The quantitative estimate of drug-likeness (QED) is 0.451. The highest BCUT2D eigenvalue weighted by molar-refractivity contribution is 7.09. The molecule has 162 valence electrons. The molecule has 0 radical (unpaired) electrons. The number of carbonyl (C=O) groups is 2. The second-order valence-corrected chi connectivity index (χ2v) is 8.55. The molecule has 31 heavy (non-hydrogen) atoms. The van der Waals surface area contributed by atoms with E-state index in [1.807, 2.05) is 61.7 Å². The van der Waals surface area contributed by atoms with E-state index in [4.69, 9.17) is 0 Å². The van der Waals surface area contributed by atoms with Gasteiger partial charge in [-0.15, -0.1) is 11.3 Å². The van der Waals surface area contributed by atoms with E-state index in [2.05, 4.69) is 0 Å². The molecular formula is C25H27FN2O2S. The van der Waals surface area contributed by atoms with Crippen LogP contribution in [-0.4, -0.2) is 34.2 Å². The van der Waals surface area contributed by atoms with Crippen molar-refractivity contribution < 1.29 is 14.0 Å². The van der Waals surface area contributed by atoms with Crippen LogP contribution in [0.5, 0.6) is 0 Å². The molecule has 3 rings (SSSR count). The summed E-state index contributed by atoms with van der Waals surface area (Å²) in [6.45, 7) is 4.76. The first-order valence-corrected chi connectivity index (χ1v) is 11.3. The van der Waals surface area contributed by atoms with E-state index in [0.29, 0.717) is 19.5 Å². The molecule has 6 heteroatoms. The molecule has 4 nitrogen and oxygen atoms in total. The smallest absolute Gasteiger partial charge is 0.254 e. The van der Waals surface area contributed by atoms with Crippen molar-refractivity contribution in [2.45, 2.75) is 39.4 Å². The van der Waals surface area contributed by atoms with Gasteiger partial charge in [0.25, 0.3) is 5.91 Å². The predicted molar refractivity (Wildman–Crippen MR) is 122 cm³/mol. The molecule has 1 heterocycles. The third-order valence-corrected chi connectivity index (χ3v) is 6.12. The molecule has 0 fully saturated rings. The molecule has 0 aliphatic rings. The number of hydrogen-bond donors (Lipinski definition) is 0. The molecule has 1 unspecified atom stereocenters. The van der Waals surface area contributed by atoms with Gasteiger partial charge in [0, 0.05) is 23.0 Å². The van der Waals surface area contributed by atoms with Crippen LogP contribution in [0.4, 0.5) is 4.39 Å². The number of rotatable bonds is 9. The molecule has 0 spiro atoms. The maximum Gasteiger partial charge on any atom is 0.254 e. The molecule has 0 aliphatic heterocycles. The summed E-state index contributed by atoms with van der Waals surface area (Å²) >= 11 is 1.60. The summed E-state index contributed by atoms with van der Waals surface area (Å²) in [5.41, 5.74) is 1.28. The van der Waals surface area contributed by atoms with Crippen LogP contribution in [0.2, 0.25) is 0 Å². The summed E-state index contributed by atoms with van der Waals surface area (Å²) in [6, 6.07) is 19.2. The lowest BCUT2D eigenvalue weighted by Gasteiger charge is -2.31. The summed E-state index contributed by atoms with van der Waals surface area (Å²) in [6.07, 6.45) is 0.692. The minimum atomic E-state index is -0.468. The van der Waals surface area contributed by atoms with Gasteiger partial charge >= 0.3 is 0 Å². The standard InChI is InChI=1S/C25H27FN2O2S/c1-3-19(2)28(25(30)21-11-7-12-22(26)15-21)18-24(29)27(17-23-13-8-14-31-23)16-20-9-5-4-6-10-20/h4-15,19H,3,16-18H2,1-2H3. The highest BCUT2D eigenvalue weighted by Crippen LogP contribution is 2.17. The molecular weight excluding hydrogens is 411 g/mol. The highest BCUT2D eigenvalue weighted by Gasteiger charge is 2.26. The van der Waals surface area contributed by atoms with Gasteiger partial charge in [0.05, 0.1) is 6.54 Å². The fraction of sp³-hybridized carbons (Fsp3) is 0.280. The first-order chi connectivity index (χ1) is 15.0. The Labute approximate surface area is 186 Å². The van der Waals surface area contributed by atoms with E-state index >= 15 is 0 Å². The summed E-state index contributed by atoms with van der Waals surface area (Å²) in [5, 5.41) is 1.99. The zero-order chi connectivity index (χ0) is 22.2. The van der Waals surface area contributed by atoms with E-state index in [9.17, 15) is 14.0 Å².